The van der Waals surface area contributed by atoms with E-state index in [4.69, 9.17) is 14.2 Å². The number of carbonyl (C=O) groups excluding carboxylic acids is 2. The second-order valence-electron chi connectivity index (χ2n) is 6.66. The molecule has 160 valence electrons. The Kier molecular flexibility index (Phi) is 7.59. The molecule has 0 spiro atoms. The largest absolute Gasteiger partial charge is 0.493 e. The van der Waals surface area contributed by atoms with E-state index >= 15 is 0 Å². The normalized spacial score (nSPS) is 10.8. The van der Waals surface area contributed by atoms with Gasteiger partial charge in [-0.15, -0.1) is 0 Å². The first-order chi connectivity index (χ1) is 15.1. The second kappa shape index (κ2) is 10.8. The SMILES string of the molecule is COc1ccc(CCNC(=O)COC(=O)/C=C/c2ccc3ccccc3n2)cc1OC. The van der Waals surface area contributed by atoms with Crippen LogP contribution in [0.1, 0.15) is 11.3 Å². The fraction of sp³-hybridized carbons (Fsp3) is 0.208. The van der Waals surface area contributed by atoms with Crippen LogP contribution in [-0.4, -0.2) is 44.2 Å². The van der Waals surface area contributed by atoms with Crippen LogP contribution < -0.4 is 14.8 Å². The molecular weight excluding hydrogens is 396 g/mol. The highest BCUT2D eigenvalue weighted by Gasteiger charge is 2.07. The van der Waals surface area contributed by atoms with E-state index in [2.05, 4.69) is 10.3 Å². The third kappa shape index (κ3) is 6.30. The van der Waals surface area contributed by atoms with E-state index in [0.717, 1.165) is 16.5 Å². The van der Waals surface area contributed by atoms with Crippen molar-refractivity contribution in [3.63, 3.8) is 0 Å². The van der Waals surface area contributed by atoms with Crippen LogP contribution >= 0.6 is 0 Å². The smallest absolute Gasteiger partial charge is 0.331 e. The highest BCUT2D eigenvalue weighted by Crippen LogP contribution is 2.27. The van der Waals surface area contributed by atoms with Gasteiger partial charge in [0.25, 0.3) is 5.91 Å². The van der Waals surface area contributed by atoms with Crippen molar-refractivity contribution in [2.45, 2.75) is 6.42 Å². The summed E-state index contributed by atoms with van der Waals surface area (Å²) in [6, 6.07) is 17.0. The van der Waals surface area contributed by atoms with Crippen LogP contribution in [0.4, 0.5) is 0 Å². The number of ether oxygens (including phenoxy) is 3. The number of hydrogen-bond acceptors (Lipinski definition) is 6. The van der Waals surface area contributed by atoms with E-state index in [9.17, 15) is 9.59 Å². The van der Waals surface area contributed by atoms with Gasteiger partial charge in [-0.25, -0.2) is 9.78 Å². The molecule has 0 saturated carbocycles. The Morgan fingerprint density at radius 1 is 1.00 bits per heavy atom. The van der Waals surface area contributed by atoms with Crippen molar-refractivity contribution >= 4 is 28.9 Å². The number of methoxy groups -OCH3 is 2. The zero-order valence-electron chi connectivity index (χ0n) is 17.5. The average molecular weight is 420 g/mol. The molecule has 0 atom stereocenters. The molecule has 0 unspecified atom stereocenters. The highest BCUT2D eigenvalue weighted by atomic mass is 16.5. The van der Waals surface area contributed by atoms with Gasteiger partial charge in [0.1, 0.15) is 0 Å². The zero-order valence-corrected chi connectivity index (χ0v) is 17.5. The zero-order chi connectivity index (χ0) is 22.1. The average Bonchev–Trinajstić information content (AvgIpc) is 2.81. The molecule has 31 heavy (non-hydrogen) atoms. The minimum atomic E-state index is -0.606. The number of carbonyl (C=O) groups is 2. The first-order valence-electron chi connectivity index (χ1n) is 9.77. The third-order valence-corrected chi connectivity index (χ3v) is 4.54. The number of nitrogens with zero attached hydrogens (tertiary/aromatic N) is 1. The first-order valence-corrected chi connectivity index (χ1v) is 9.77. The molecule has 3 rings (SSSR count). The van der Waals surface area contributed by atoms with E-state index in [0.29, 0.717) is 30.2 Å². The van der Waals surface area contributed by atoms with E-state index < -0.39 is 5.97 Å². The standard InChI is InChI=1S/C24H24N2O5/c1-29-21-11-7-17(15-22(21)30-2)13-14-25-23(27)16-31-24(28)12-10-19-9-8-18-5-3-4-6-20(18)26-19/h3-12,15H,13-14,16H2,1-2H3,(H,25,27)/b12-10+. The molecule has 1 aromatic heterocycles. The van der Waals surface area contributed by atoms with Crippen LogP contribution in [0, 0.1) is 0 Å². The Labute approximate surface area is 180 Å². The van der Waals surface area contributed by atoms with Crippen LogP contribution in [0.15, 0.2) is 60.7 Å². The number of fused-ring (bicyclic) bond motifs is 1. The molecule has 0 aliphatic rings. The van der Waals surface area contributed by atoms with E-state index in [1.165, 1.54) is 6.08 Å². The van der Waals surface area contributed by atoms with Crippen molar-refractivity contribution < 1.29 is 23.8 Å². The van der Waals surface area contributed by atoms with Gasteiger partial charge in [-0.1, -0.05) is 30.3 Å². The molecule has 0 fully saturated rings. The van der Waals surface area contributed by atoms with Crippen molar-refractivity contribution in [3.05, 3.63) is 71.9 Å². The Balaban J connectivity index is 1.41. The summed E-state index contributed by atoms with van der Waals surface area (Å²) < 4.78 is 15.4. The van der Waals surface area contributed by atoms with Gasteiger partial charge in [-0.05, 0) is 42.3 Å². The molecule has 2 aromatic carbocycles. The number of nitrogens with one attached hydrogen (secondary N) is 1. The number of aromatic nitrogens is 1. The maximum absolute atomic E-state index is 11.9. The maximum atomic E-state index is 11.9. The van der Waals surface area contributed by atoms with Crippen LogP contribution in [0.2, 0.25) is 0 Å². The number of benzene rings is 2. The topological polar surface area (TPSA) is 86.8 Å². The number of amides is 1. The summed E-state index contributed by atoms with van der Waals surface area (Å²) in [5, 5.41) is 3.74. The van der Waals surface area contributed by atoms with Crippen LogP contribution in [0.25, 0.3) is 17.0 Å². The molecular formula is C24H24N2O5. The molecule has 0 saturated heterocycles. The summed E-state index contributed by atoms with van der Waals surface area (Å²) in [6.45, 7) is 0.0585. The molecule has 1 amide bonds. The van der Waals surface area contributed by atoms with E-state index in [-0.39, 0.29) is 12.5 Å². The number of para-hydroxylation sites is 1. The van der Waals surface area contributed by atoms with Gasteiger partial charge in [-0.2, -0.15) is 0 Å². The van der Waals surface area contributed by atoms with Crippen molar-refractivity contribution in [2.75, 3.05) is 27.4 Å². The lowest BCUT2D eigenvalue weighted by Crippen LogP contribution is -2.30. The Morgan fingerprint density at radius 2 is 1.81 bits per heavy atom. The molecule has 7 heteroatoms. The Bertz CT molecular complexity index is 1090. The molecule has 7 nitrogen and oxygen atoms in total. The lowest BCUT2D eigenvalue weighted by atomic mass is 10.1. The highest BCUT2D eigenvalue weighted by molar-refractivity contribution is 5.89. The van der Waals surface area contributed by atoms with Gasteiger partial charge in [-0.3, -0.25) is 4.79 Å². The summed E-state index contributed by atoms with van der Waals surface area (Å²) in [5.74, 6) is 0.304. The number of hydrogen-bond donors (Lipinski definition) is 1. The number of esters is 1. The maximum Gasteiger partial charge on any atom is 0.331 e. The van der Waals surface area contributed by atoms with Gasteiger partial charge in [0.05, 0.1) is 25.4 Å². The van der Waals surface area contributed by atoms with E-state index in [1.807, 2.05) is 54.6 Å². The van der Waals surface area contributed by atoms with Crippen molar-refractivity contribution in [1.82, 2.24) is 10.3 Å². The fourth-order valence-electron chi connectivity index (χ4n) is 2.95. The third-order valence-electron chi connectivity index (χ3n) is 4.54. The molecule has 1 heterocycles. The monoisotopic (exact) mass is 420 g/mol. The molecule has 1 N–H and O–H groups in total. The Hall–Kier alpha value is -3.87. The quantitative estimate of drug-likeness (QED) is 0.423. The lowest BCUT2D eigenvalue weighted by Gasteiger charge is -2.10. The number of pyridine rings is 1. The summed E-state index contributed by atoms with van der Waals surface area (Å²) in [4.78, 5) is 28.2. The Morgan fingerprint density at radius 3 is 2.61 bits per heavy atom. The van der Waals surface area contributed by atoms with Crippen LogP contribution in [0.3, 0.4) is 0 Å². The minimum absolute atomic E-state index is 0.347. The molecule has 0 aliphatic carbocycles. The molecule has 3 aromatic rings. The minimum Gasteiger partial charge on any atom is -0.493 e. The molecule has 0 bridgehead atoms. The fourth-order valence-corrected chi connectivity index (χ4v) is 2.95. The predicted molar refractivity (Wildman–Crippen MR) is 118 cm³/mol. The van der Waals surface area contributed by atoms with Crippen molar-refractivity contribution in [2.24, 2.45) is 0 Å². The van der Waals surface area contributed by atoms with Gasteiger partial charge in [0.15, 0.2) is 18.1 Å². The number of rotatable bonds is 9. The van der Waals surface area contributed by atoms with E-state index in [1.54, 1.807) is 20.3 Å². The summed E-state index contributed by atoms with van der Waals surface area (Å²) >= 11 is 0. The van der Waals surface area contributed by atoms with Crippen molar-refractivity contribution in [1.29, 1.82) is 0 Å². The summed E-state index contributed by atoms with van der Waals surface area (Å²) in [5.41, 5.74) is 2.46. The van der Waals surface area contributed by atoms with Gasteiger partial charge < -0.3 is 19.5 Å². The predicted octanol–water partition coefficient (Wildman–Crippen LogP) is 3.17. The van der Waals surface area contributed by atoms with Gasteiger partial charge in [0, 0.05) is 18.0 Å². The second-order valence-corrected chi connectivity index (χ2v) is 6.66. The van der Waals surface area contributed by atoms with Gasteiger partial charge >= 0.3 is 5.97 Å². The summed E-state index contributed by atoms with van der Waals surface area (Å²) in [6.07, 6.45) is 3.42. The molecule has 0 aliphatic heterocycles. The van der Waals surface area contributed by atoms with Crippen molar-refractivity contribution in [3.8, 4) is 11.5 Å². The lowest BCUT2D eigenvalue weighted by molar-refractivity contribution is -0.143. The van der Waals surface area contributed by atoms with Crippen LogP contribution in [0.5, 0.6) is 11.5 Å². The first kappa shape index (κ1) is 21.8. The molecule has 0 radical (unpaired) electrons. The van der Waals surface area contributed by atoms with Gasteiger partial charge in [0.2, 0.25) is 0 Å². The van der Waals surface area contributed by atoms with Crippen LogP contribution in [-0.2, 0) is 20.7 Å². The summed E-state index contributed by atoms with van der Waals surface area (Å²) in [7, 11) is 3.15.